The lowest BCUT2D eigenvalue weighted by Gasteiger charge is -2.11. The average molecular weight is 472 g/mol. The number of carbonyl (C=O) groups excluding carboxylic acids is 1. The molecule has 158 valence electrons. The van der Waals surface area contributed by atoms with Crippen LogP contribution >= 0.6 is 23.4 Å². The molecule has 0 aliphatic heterocycles. The minimum absolute atomic E-state index is 0.0225. The normalized spacial score (nSPS) is 11.5. The molecule has 1 heterocycles. The first kappa shape index (κ1) is 22.3. The third-order valence-electron chi connectivity index (χ3n) is 3.97. The number of amides is 1. The van der Waals surface area contributed by atoms with E-state index in [1.807, 2.05) is 11.6 Å². The lowest BCUT2D eigenvalue weighted by molar-refractivity contribution is 0.0977. The lowest BCUT2D eigenvalue weighted by atomic mass is 10.3. The third-order valence-corrected chi connectivity index (χ3v) is 6.89. The van der Waals surface area contributed by atoms with Crippen LogP contribution < -0.4 is 4.72 Å². The van der Waals surface area contributed by atoms with Gasteiger partial charge in [0.1, 0.15) is 28.0 Å². The molecule has 0 saturated carbocycles. The van der Waals surface area contributed by atoms with Crippen LogP contribution in [0, 0.1) is 18.6 Å². The summed E-state index contributed by atoms with van der Waals surface area (Å²) < 4.78 is 55.9. The summed E-state index contributed by atoms with van der Waals surface area (Å²) in [5.41, 5.74) is -0.135. The van der Waals surface area contributed by atoms with Crippen molar-refractivity contribution in [1.82, 2.24) is 14.3 Å². The smallest absolute Gasteiger partial charge is 0.285 e. The van der Waals surface area contributed by atoms with Crippen LogP contribution in [-0.4, -0.2) is 29.6 Å². The van der Waals surface area contributed by atoms with Crippen molar-refractivity contribution in [3.63, 3.8) is 0 Å². The molecule has 2 aromatic carbocycles. The second kappa shape index (κ2) is 8.75. The summed E-state index contributed by atoms with van der Waals surface area (Å²) in [6, 6.07) is 7.46. The fourth-order valence-electron chi connectivity index (χ4n) is 2.77. The molecular weight excluding hydrogens is 456 g/mol. The average Bonchev–Trinajstić information content (AvgIpc) is 3.02. The zero-order valence-electron chi connectivity index (χ0n) is 15.8. The lowest BCUT2D eigenvalue weighted by Crippen LogP contribution is -2.31. The molecule has 6 nitrogen and oxygen atoms in total. The molecule has 3 rings (SSSR count). The van der Waals surface area contributed by atoms with Crippen LogP contribution in [0.1, 0.15) is 23.2 Å². The number of hydrogen-bond acceptors (Lipinski definition) is 5. The van der Waals surface area contributed by atoms with Crippen LogP contribution in [0.4, 0.5) is 8.78 Å². The van der Waals surface area contributed by atoms with Gasteiger partial charge in [0.25, 0.3) is 15.9 Å². The van der Waals surface area contributed by atoms with E-state index >= 15 is 0 Å². The second-order valence-electron chi connectivity index (χ2n) is 6.11. The molecule has 0 spiro atoms. The Balaban J connectivity index is 1.94. The quantitative estimate of drug-likeness (QED) is 0.541. The highest BCUT2D eigenvalue weighted by molar-refractivity contribution is 8.00. The van der Waals surface area contributed by atoms with Gasteiger partial charge in [0.2, 0.25) is 0 Å². The minimum Gasteiger partial charge on any atom is -0.303 e. The molecule has 0 aliphatic carbocycles. The Morgan fingerprint density at radius 3 is 2.53 bits per heavy atom. The van der Waals surface area contributed by atoms with E-state index in [0.717, 1.165) is 12.1 Å². The summed E-state index contributed by atoms with van der Waals surface area (Å²) in [5.74, 6) is -1.76. The van der Waals surface area contributed by atoms with Gasteiger partial charge < -0.3 is 4.57 Å². The summed E-state index contributed by atoms with van der Waals surface area (Å²) in [7, 11) is -4.29. The highest BCUT2D eigenvalue weighted by Crippen LogP contribution is 2.32. The Morgan fingerprint density at radius 1 is 1.23 bits per heavy atom. The highest BCUT2D eigenvalue weighted by Gasteiger charge is 2.26. The van der Waals surface area contributed by atoms with Gasteiger partial charge in [-0.15, -0.1) is 11.8 Å². The number of imidazole rings is 1. The first-order chi connectivity index (χ1) is 14.1. The number of nitrogens with zero attached hydrogens (tertiary/aromatic N) is 2. The van der Waals surface area contributed by atoms with Crippen LogP contribution in [0.3, 0.4) is 0 Å². The number of aryl methyl sites for hydroxylation is 1. The standard InChI is InChI=1S/C19H16ClF2N3O3S2/c1-3-29-17-6-4-5-15(20)18(17)30(27,28)24-19(26)16-10-25(11(2)23-16)14-8-12(21)7-13(22)9-14/h4-10H,3H2,1-2H3,(H,24,26). The number of hydrogen-bond donors (Lipinski definition) is 1. The van der Waals surface area contributed by atoms with Crippen LogP contribution in [0.15, 0.2) is 52.4 Å². The molecular formula is C19H16ClF2N3O3S2. The maximum atomic E-state index is 13.5. The molecule has 3 aromatic rings. The first-order valence-electron chi connectivity index (χ1n) is 8.63. The number of thioether (sulfide) groups is 1. The van der Waals surface area contributed by atoms with Crippen molar-refractivity contribution in [3.05, 3.63) is 70.8 Å². The van der Waals surface area contributed by atoms with Gasteiger partial charge in [0.15, 0.2) is 0 Å². The van der Waals surface area contributed by atoms with Crippen molar-refractivity contribution in [3.8, 4) is 5.69 Å². The Morgan fingerprint density at radius 2 is 1.90 bits per heavy atom. The van der Waals surface area contributed by atoms with E-state index in [4.69, 9.17) is 11.6 Å². The van der Waals surface area contributed by atoms with E-state index in [9.17, 15) is 22.0 Å². The number of carbonyl (C=O) groups is 1. The summed E-state index contributed by atoms with van der Waals surface area (Å²) in [4.78, 5) is 16.8. The fourth-order valence-corrected chi connectivity index (χ4v) is 5.64. The molecule has 11 heteroatoms. The number of sulfonamides is 1. The second-order valence-corrected chi connectivity index (χ2v) is 9.44. The number of rotatable bonds is 6. The van der Waals surface area contributed by atoms with E-state index in [2.05, 4.69) is 4.98 Å². The van der Waals surface area contributed by atoms with Gasteiger partial charge in [-0.1, -0.05) is 24.6 Å². The zero-order valence-corrected chi connectivity index (χ0v) is 18.2. The van der Waals surface area contributed by atoms with Crippen molar-refractivity contribution >= 4 is 39.3 Å². The third kappa shape index (κ3) is 4.66. The molecule has 1 amide bonds. The SMILES string of the molecule is CCSc1cccc(Cl)c1S(=O)(=O)NC(=O)c1cn(-c2cc(F)cc(F)c2)c(C)n1. The Bertz CT molecular complexity index is 1210. The van der Waals surface area contributed by atoms with Crippen LogP contribution in [0.2, 0.25) is 5.02 Å². The van der Waals surface area contributed by atoms with E-state index in [-0.39, 0.29) is 27.1 Å². The predicted octanol–water partition coefficient (Wildman–Crippen LogP) is 4.34. The number of halogens is 3. The van der Waals surface area contributed by atoms with Gasteiger partial charge in [-0.3, -0.25) is 4.79 Å². The molecule has 0 fully saturated rings. The molecule has 30 heavy (non-hydrogen) atoms. The summed E-state index contributed by atoms with van der Waals surface area (Å²) >= 11 is 7.35. The molecule has 0 radical (unpaired) electrons. The summed E-state index contributed by atoms with van der Waals surface area (Å²) in [5, 5.41) is -0.0225. The van der Waals surface area contributed by atoms with Gasteiger partial charge in [-0.25, -0.2) is 26.9 Å². The molecule has 0 unspecified atom stereocenters. The van der Waals surface area contributed by atoms with Crippen molar-refractivity contribution in [2.24, 2.45) is 0 Å². The van der Waals surface area contributed by atoms with Crippen LogP contribution in [0.5, 0.6) is 0 Å². The first-order valence-corrected chi connectivity index (χ1v) is 11.5. The van der Waals surface area contributed by atoms with E-state index < -0.39 is 27.6 Å². The summed E-state index contributed by atoms with van der Waals surface area (Å²) in [6.07, 6.45) is 1.20. The molecule has 0 bridgehead atoms. The van der Waals surface area contributed by atoms with Crippen molar-refractivity contribution < 1.29 is 22.0 Å². The largest absolute Gasteiger partial charge is 0.303 e. The summed E-state index contributed by atoms with van der Waals surface area (Å²) in [6.45, 7) is 3.36. The highest BCUT2D eigenvalue weighted by atomic mass is 35.5. The predicted molar refractivity (Wildman–Crippen MR) is 111 cm³/mol. The van der Waals surface area contributed by atoms with Gasteiger partial charge >= 0.3 is 0 Å². The maximum absolute atomic E-state index is 13.5. The van der Waals surface area contributed by atoms with Gasteiger partial charge in [-0.05, 0) is 36.9 Å². The van der Waals surface area contributed by atoms with Crippen molar-refractivity contribution in [2.75, 3.05) is 5.75 Å². The molecule has 0 aliphatic rings. The van der Waals surface area contributed by atoms with E-state index in [1.54, 1.807) is 12.1 Å². The van der Waals surface area contributed by atoms with Crippen LogP contribution in [-0.2, 0) is 10.0 Å². The number of aromatic nitrogens is 2. The monoisotopic (exact) mass is 471 g/mol. The molecule has 1 aromatic heterocycles. The van der Waals surface area contributed by atoms with Gasteiger partial charge in [0, 0.05) is 17.2 Å². The van der Waals surface area contributed by atoms with Crippen molar-refractivity contribution in [2.45, 2.75) is 23.6 Å². The maximum Gasteiger partial charge on any atom is 0.285 e. The molecule has 0 atom stereocenters. The number of nitrogens with one attached hydrogen (secondary N) is 1. The Labute approximate surface area is 181 Å². The fraction of sp³-hybridized carbons (Fsp3) is 0.158. The zero-order chi connectivity index (χ0) is 22.1. The van der Waals surface area contributed by atoms with Gasteiger partial charge in [-0.2, -0.15) is 0 Å². The molecule has 1 N–H and O–H groups in total. The minimum atomic E-state index is -4.29. The van der Waals surface area contributed by atoms with Crippen LogP contribution in [0.25, 0.3) is 5.69 Å². The van der Waals surface area contributed by atoms with E-state index in [1.165, 1.54) is 35.5 Å². The van der Waals surface area contributed by atoms with Gasteiger partial charge in [0.05, 0.1) is 10.7 Å². The Hall–Kier alpha value is -2.43. The topological polar surface area (TPSA) is 81.1 Å². The van der Waals surface area contributed by atoms with E-state index in [0.29, 0.717) is 16.7 Å². The molecule has 0 saturated heterocycles. The Kier molecular flexibility index (Phi) is 6.49. The number of benzene rings is 2. The van der Waals surface area contributed by atoms with Crippen molar-refractivity contribution in [1.29, 1.82) is 0 Å².